The van der Waals surface area contributed by atoms with Gasteiger partial charge in [-0.05, 0) is 66.2 Å². The normalized spacial score (nSPS) is 15.3. The summed E-state index contributed by atoms with van der Waals surface area (Å²) in [5.41, 5.74) is 1.54. The standard InChI is InChI=1S/C23H23F2N3O3S2/c24-20-8-3-16(14-21(20)25)15-28-11-9-18(10-12-28)26-23(29)17-4-6-19(7-5-17)27-33(30,31)22-2-1-13-32-22/h1-8,13-14,18,27H,9-12,15H2,(H,26,29). The predicted octanol–water partition coefficient (Wildman–Crippen LogP) is 4.22. The van der Waals surface area contributed by atoms with Crippen molar-refractivity contribution in [2.24, 2.45) is 0 Å². The van der Waals surface area contributed by atoms with E-state index in [1.165, 1.54) is 12.1 Å². The smallest absolute Gasteiger partial charge is 0.271 e. The van der Waals surface area contributed by atoms with Crippen molar-refractivity contribution in [1.29, 1.82) is 0 Å². The van der Waals surface area contributed by atoms with Gasteiger partial charge in [0.05, 0.1) is 0 Å². The number of hydrogen-bond acceptors (Lipinski definition) is 5. The molecule has 2 N–H and O–H groups in total. The monoisotopic (exact) mass is 491 g/mol. The lowest BCUT2D eigenvalue weighted by molar-refractivity contribution is 0.0909. The fraction of sp³-hybridized carbons (Fsp3) is 0.261. The van der Waals surface area contributed by atoms with Gasteiger partial charge in [-0.25, -0.2) is 17.2 Å². The summed E-state index contributed by atoms with van der Waals surface area (Å²) in [7, 11) is -3.63. The topological polar surface area (TPSA) is 78.5 Å². The first kappa shape index (κ1) is 23.3. The van der Waals surface area contributed by atoms with Crippen molar-refractivity contribution in [1.82, 2.24) is 10.2 Å². The average molecular weight is 492 g/mol. The zero-order valence-electron chi connectivity index (χ0n) is 17.6. The summed E-state index contributed by atoms with van der Waals surface area (Å²) in [5, 5.41) is 4.70. The maximum atomic E-state index is 13.4. The second-order valence-electron chi connectivity index (χ2n) is 7.89. The molecule has 10 heteroatoms. The molecule has 2 heterocycles. The number of carbonyl (C=O) groups excluding carboxylic acids is 1. The largest absolute Gasteiger partial charge is 0.349 e. The molecule has 0 bridgehead atoms. The van der Waals surface area contributed by atoms with Crippen molar-refractivity contribution in [2.75, 3.05) is 17.8 Å². The van der Waals surface area contributed by atoms with E-state index in [2.05, 4.69) is 14.9 Å². The van der Waals surface area contributed by atoms with Crippen molar-refractivity contribution in [3.8, 4) is 0 Å². The molecule has 0 unspecified atom stereocenters. The fourth-order valence-corrected chi connectivity index (χ4v) is 5.76. The number of nitrogens with zero attached hydrogens (tertiary/aromatic N) is 1. The second-order valence-corrected chi connectivity index (χ2v) is 10.7. The summed E-state index contributed by atoms with van der Waals surface area (Å²) in [5.74, 6) is -1.92. The number of anilines is 1. The van der Waals surface area contributed by atoms with Gasteiger partial charge in [0.2, 0.25) is 0 Å². The van der Waals surface area contributed by atoms with E-state index < -0.39 is 21.7 Å². The van der Waals surface area contributed by atoms with Crippen LogP contribution in [-0.4, -0.2) is 38.4 Å². The summed E-state index contributed by atoms with van der Waals surface area (Å²) in [6.07, 6.45) is 1.49. The van der Waals surface area contributed by atoms with Crippen LogP contribution in [0.1, 0.15) is 28.8 Å². The Morgan fingerprint density at radius 1 is 1.03 bits per heavy atom. The molecule has 0 aliphatic carbocycles. The molecule has 4 rings (SSSR count). The fourth-order valence-electron chi connectivity index (χ4n) is 3.71. The van der Waals surface area contributed by atoms with Gasteiger partial charge in [0.25, 0.3) is 15.9 Å². The van der Waals surface area contributed by atoms with Gasteiger partial charge >= 0.3 is 0 Å². The van der Waals surface area contributed by atoms with Gasteiger partial charge < -0.3 is 5.32 Å². The average Bonchev–Trinajstić information content (AvgIpc) is 3.34. The van der Waals surface area contributed by atoms with Crippen LogP contribution in [0.3, 0.4) is 0 Å². The van der Waals surface area contributed by atoms with Gasteiger partial charge in [-0.3, -0.25) is 14.4 Å². The van der Waals surface area contributed by atoms with Gasteiger partial charge in [0.1, 0.15) is 4.21 Å². The third kappa shape index (κ3) is 5.95. The maximum Gasteiger partial charge on any atom is 0.271 e. The number of carbonyl (C=O) groups is 1. The molecule has 33 heavy (non-hydrogen) atoms. The Morgan fingerprint density at radius 2 is 1.76 bits per heavy atom. The number of thiophene rings is 1. The van der Waals surface area contributed by atoms with Crippen LogP contribution in [0.5, 0.6) is 0 Å². The molecule has 0 saturated carbocycles. The Hall–Kier alpha value is -2.82. The Labute approximate surface area is 195 Å². The van der Waals surface area contributed by atoms with E-state index in [0.29, 0.717) is 23.4 Å². The number of benzene rings is 2. The van der Waals surface area contributed by atoms with E-state index >= 15 is 0 Å². The van der Waals surface area contributed by atoms with Gasteiger partial charge in [0.15, 0.2) is 11.6 Å². The lowest BCUT2D eigenvalue weighted by atomic mass is 10.0. The molecule has 1 fully saturated rings. The summed E-state index contributed by atoms with van der Waals surface area (Å²) >= 11 is 1.13. The molecule has 6 nitrogen and oxygen atoms in total. The number of halogens is 2. The molecule has 0 radical (unpaired) electrons. The Balaban J connectivity index is 1.27. The number of likely N-dealkylation sites (tertiary alicyclic amines) is 1. The highest BCUT2D eigenvalue weighted by Gasteiger charge is 2.22. The first-order valence-corrected chi connectivity index (χ1v) is 12.8. The van der Waals surface area contributed by atoms with Gasteiger partial charge in [-0.2, -0.15) is 0 Å². The molecule has 1 aliphatic heterocycles. The molecule has 0 spiro atoms. The molecular formula is C23H23F2N3O3S2. The van der Waals surface area contributed by atoms with Crippen LogP contribution in [-0.2, 0) is 16.6 Å². The number of hydrogen-bond donors (Lipinski definition) is 2. The van der Waals surface area contributed by atoms with Crippen LogP contribution in [0.2, 0.25) is 0 Å². The zero-order valence-corrected chi connectivity index (χ0v) is 19.3. The number of piperidine rings is 1. The van der Waals surface area contributed by atoms with Gasteiger partial charge in [-0.15, -0.1) is 11.3 Å². The van der Waals surface area contributed by atoms with Gasteiger partial charge in [0, 0.05) is 36.9 Å². The van der Waals surface area contributed by atoms with Crippen molar-refractivity contribution in [2.45, 2.75) is 29.6 Å². The lowest BCUT2D eigenvalue weighted by Gasteiger charge is -2.32. The predicted molar refractivity (Wildman–Crippen MR) is 124 cm³/mol. The number of sulfonamides is 1. The molecule has 1 saturated heterocycles. The molecule has 174 valence electrons. The summed E-state index contributed by atoms with van der Waals surface area (Å²) < 4.78 is 53.8. The molecule has 2 aromatic carbocycles. The molecule has 1 amide bonds. The van der Waals surface area contributed by atoms with E-state index in [1.807, 2.05) is 0 Å². The first-order chi connectivity index (χ1) is 15.8. The Kier molecular flexibility index (Phi) is 7.06. The van der Waals surface area contributed by atoms with Crippen molar-refractivity contribution in [3.05, 3.63) is 82.7 Å². The summed E-state index contributed by atoms with van der Waals surface area (Å²) in [4.78, 5) is 14.7. The SMILES string of the molecule is O=C(NC1CCN(Cc2ccc(F)c(F)c2)CC1)c1ccc(NS(=O)(=O)c2cccs2)cc1. The van der Waals surface area contributed by atoms with Crippen LogP contribution in [0.15, 0.2) is 64.2 Å². The van der Waals surface area contributed by atoms with Gasteiger partial charge in [-0.1, -0.05) is 12.1 Å². The Bertz CT molecular complexity index is 1210. The summed E-state index contributed by atoms with van der Waals surface area (Å²) in [6, 6.07) is 13.4. The third-order valence-corrected chi connectivity index (χ3v) is 8.25. The van der Waals surface area contributed by atoms with E-state index in [4.69, 9.17) is 0 Å². The van der Waals surface area contributed by atoms with Crippen LogP contribution >= 0.6 is 11.3 Å². The van der Waals surface area contributed by atoms with Crippen LogP contribution < -0.4 is 10.0 Å². The first-order valence-electron chi connectivity index (χ1n) is 10.4. The van der Waals surface area contributed by atoms with Crippen LogP contribution in [0, 0.1) is 11.6 Å². The van der Waals surface area contributed by atoms with Crippen LogP contribution in [0.25, 0.3) is 0 Å². The third-order valence-electron chi connectivity index (χ3n) is 5.47. The number of amides is 1. The summed E-state index contributed by atoms with van der Waals surface area (Å²) in [6.45, 7) is 1.99. The van der Waals surface area contributed by atoms with Crippen molar-refractivity contribution in [3.63, 3.8) is 0 Å². The van der Waals surface area contributed by atoms with Crippen molar-refractivity contribution < 1.29 is 22.0 Å². The number of nitrogens with one attached hydrogen (secondary N) is 2. The molecule has 3 aromatic rings. The maximum absolute atomic E-state index is 13.4. The quantitative estimate of drug-likeness (QED) is 0.519. The highest BCUT2D eigenvalue weighted by molar-refractivity contribution is 7.94. The highest BCUT2D eigenvalue weighted by Crippen LogP contribution is 2.21. The van der Waals surface area contributed by atoms with Crippen LogP contribution in [0.4, 0.5) is 14.5 Å². The highest BCUT2D eigenvalue weighted by atomic mass is 32.2. The molecule has 1 aromatic heterocycles. The number of rotatable bonds is 7. The second kappa shape index (κ2) is 9.98. The zero-order chi connectivity index (χ0) is 23.4. The minimum absolute atomic E-state index is 0.00992. The molecule has 1 aliphatic rings. The minimum atomic E-state index is -3.63. The van der Waals surface area contributed by atoms with E-state index in [0.717, 1.165) is 43.3 Å². The van der Waals surface area contributed by atoms with E-state index in [9.17, 15) is 22.0 Å². The lowest BCUT2D eigenvalue weighted by Crippen LogP contribution is -2.44. The molecule has 0 atom stereocenters. The molecular weight excluding hydrogens is 468 g/mol. The van der Waals surface area contributed by atoms with E-state index in [-0.39, 0.29) is 16.2 Å². The van der Waals surface area contributed by atoms with E-state index in [1.54, 1.807) is 41.8 Å². The minimum Gasteiger partial charge on any atom is -0.349 e. The Morgan fingerprint density at radius 3 is 2.39 bits per heavy atom. The van der Waals surface area contributed by atoms with Crippen molar-refractivity contribution >= 4 is 33.0 Å².